The van der Waals surface area contributed by atoms with Crippen LogP contribution in [0.5, 0.6) is 5.75 Å². The molecule has 26 heavy (non-hydrogen) atoms. The summed E-state index contributed by atoms with van der Waals surface area (Å²) in [5, 5.41) is 0. The molecule has 0 aromatic heterocycles. The van der Waals surface area contributed by atoms with Crippen molar-refractivity contribution >= 4 is 11.9 Å². The third-order valence-electron chi connectivity index (χ3n) is 2.89. The quantitative estimate of drug-likeness (QED) is 0.153. The second-order valence-electron chi connectivity index (χ2n) is 4.67. The lowest BCUT2D eigenvalue weighted by molar-refractivity contribution is -0.142. The van der Waals surface area contributed by atoms with Crippen molar-refractivity contribution in [3.8, 4) is 5.75 Å². The lowest BCUT2D eigenvalue weighted by atomic mass is 10.2. The summed E-state index contributed by atoms with van der Waals surface area (Å²) >= 11 is 0. The molecule has 0 atom stereocenters. The molecule has 146 valence electrons. The van der Waals surface area contributed by atoms with Gasteiger partial charge in [-0.25, -0.2) is 13.2 Å². The van der Waals surface area contributed by atoms with Gasteiger partial charge in [0.25, 0.3) is 0 Å². The van der Waals surface area contributed by atoms with Crippen molar-refractivity contribution < 1.29 is 50.5 Å². The van der Waals surface area contributed by atoms with Crippen LogP contribution in [0.4, 0.5) is 22.0 Å². The van der Waals surface area contributed by atoms with Gasteiger partial charge in [0, 0.05) is 0 Å². The molecule has 0 aliphatic rings. The van der Waals surface area contributed by atoms with Crippen molar-refractivity contribution in [2.45, 2.75) is 12.8 Å². The number of methoxy groups -OCH3 is 1. The first-order valence-electron chi connectivity index (χ1n) is 7.24. The molecule has 0 N–H and O–H groups in total. The maximum atomic E-state index is 13.3. The zero-order valence-corrected chi connectivity index (χ0v) is 13.6. The number of esters is 2. The number of benzene rings is 1. The summed E-state index contributed by atoms with van der Waals surface area (Å²) in [5.41, 5.74) is 0. The van der Waals surface area contributed by atoms with E-state index < -0.39 is 53.2 Å². The first-order chi connectivity index (χ1) is 12.3. The van der Waals surface area contributed by atoms with Crippen molar-refractivity contribution in [1.82, 2.24) is 0 Å². The van der Waals surface area contributed by atoms with Gasteiger partial charge < -0.3 is 18.9 Å². The summed E-state index contributed by atoms with van der Waals surface area (Å²) in [6, 6.07) is 0. The van der Waals surface area contributed by atoms with E-state index in [4.69, 9.17) is 9.47 Å². The van der Waals surface area contributed by atoms with Crippen LogP contribution in [0.1, 0.15) is 12.8 Å². The molecule has 0 spiro atoms. The maximum Gasteiger partial charge on any atom is 0.313 e. The largest absolute Gasteiger partial charge is 0.469 e. The van der Waals surface area contributed by atoms with Crippen LogP contribution in [-0.2, 0) is 23.8 Å². The average Bonchev–Trinajstić information content (AvgIpc) is 2.63. The van der Waals surface area contributed by atoms with Crippen LogP contribution in [0, 0.1) is 29.1 Å². The number of hydrogen-bond acceptors (Lipinski definition) is 6. The Bertz CT molecular complexity index is 623. The van der Waals surface area contributed by atoms with Crippen LogP contribution in [0.15, 0.2) is 0 Å². The lowest BCUT2D eigenvalue weighted by Gasteiger charge is -2.09. The number of ether oxygens (including phenoxy) is 4. The summed E-state index contributed by atoms with van der Waals surface area (Å²) in [5.74, 6) is -14.6. The van der Waals surface area contributed by atoms with Crippen LogP contribution < -0.4 is 4.74 Å². The predicted octanol–water partition coefficient (Wildman–Crippen LogP) is 2.27. The SMILES string of the molecule is COC(=O)CCOCCOCCC(=O)Oc1c(F)c(F)c(F)c(F)c1F. The summed E-state index contributed by atoms with van der Waals surface area (Å²) in [6.07, 6.45) is -0.438. The van der Waals surface area contributed by atoms with E-state index in [0.717, 1.165) is 0 Å². The molecule has 11 heteroatoms. The fourth-order valence-electron chi connectivity index (χ4n) is 1.57. The molecule has 6 nitrogen and oxygen atoms in total. The van der Waals surface area contributed by atoms with E-state index in [0.29, 0.717) is 0 Å². The zero-order valence-electron chi connectivity index (χ0n) is 13.6. The molecule has 1 aromatic carbocycles. The Hall–Kier alpha value is -2.27. The van der Waals surface area contributed by atoms with Gasteiger partial charge in [0.05, 0.1) is 46.4 Å². The molecule has 0 amide bonds. The molecule has 0 aliphatic carbocycles. The van der Waals surface area contributed by atoms with Gasteiger partial charge in [0.2, 0.25) is 34.8 Å². The lowest BCUT2D eigenvalue weighted by Crippen LogP contribution is -2.16. The van der Waals surface area contributed by atoms with Crippen molar-refractivity contribution in [1.29, 1.82) is 0 Å². The minimum Gasteiger partial charge on any atom is -0.469 e. The summed E-state index contributed by atoms with van der Waals surface area (Å²) in [4.78, 5) is 22.2. The Morgan fingerprint density at radius 1 is 0.692 bits per heavy atom. The number of carbonyl (C=O) groups excluding carboxylic acids is 2. The molecule has 0 aliphatic heterocycles. The highest BCUT2D eigenvalue weighted by atomic mass is 19.2. The smallest absolute Gasteiger partial charge is 0.313 e. The maximum absolute atomic E-state index is 13.3. The Morgan fingerprint density at radius 2 is 1.12 bits per heavy atom. The fraction of sp³-hybridized carbons (Fsp3) is 0.467. The fourth-order valence-corrected chi connectivity index (χ4v) is 1.57. The monoisotopic (exact) mass is 386 g/mol. The van der Waals surface area contributed by atoms with E-state index >= 15 is 0 Å². The normalized spacial score (nSPS) is 10.7. The van der Waals surface area contributed by atoms with Gasteiger partial charge in [-0.3, -0.25) is 9.59 Å². The summed E-state index contributed by atoms with van der Waals surface area (Å²) in [7, 11) is 1.23. The van der Waals surface area contributed by atoms with Crippen molar-refractivity contribution in [2.75, 3.05) is 33.5 Å². The Kier molecular flexibility index (Phi) is 8.93. The number of rotatable bonds is 10. The third-order valence-corrected chi connectivity index (χ3v) is 2.89. The summed E-state index contributed by atoms with van der Waals surface area (Å²) < 4.78 is 84.0. The van der Waals surface area contributed by atoms with Crippen LogP contribution in [0.3, 0.4) is 0 Å². The van der Waals surface area contributed by atoms with Crippen molar-refractivity contribution in [2.24, 2.45) is 0 Å². The van der Waals surface area contributed by atoms with E-state index in [1.807, 2.05) is 0 Å². The van der Waals surface area contributed by atoms with E-state index in [2.05, 4.69) is 9.47 Å². The number of hydrogen-bond donors (Lipinski definition) is 0. The minimum absolute atomic E-state index is 0.0387. The Labute approximate surface area is 144 Å². The second-order valence-corrected chi connectivity index (χ2v) is 4.67. The summed E-state index contributed by atoms with van der Waals surface area (Å²) in [6.45, 7) is 0.00752. The van der Waals surface area contributed by atoms with E-state index in [-0.39, 0.29) is 32.8 Å². The van der Waals surface area contributed by atoms with E-state index in [1.165, 1.54) is 7.11 Å². The molecule has 0 radical (unpaired) electrons. The molecule has 0 bridgehead atoms. The number of halogens is 5. The second kappa shape index (κ2) is 10.7. The molecule has 0 fully saturated rings. The average molecular weight is 386 g/mol. The van der Waals surface area contributed by atoms with Crippen molar-refractivity contribution in [3.63, 3.8) is 0 Å². The third kappa shape index (κ3) is 6.23. The van der Waals surface area contributed by atoms with Gasteiger partial charge in [0.15, 0.2) is 0 Å². The van der Waals surface area contributed by atoms with Crippen LogP contribution >= 0.6 is 0 Å². The Morgan fingerprint density at radius 3 is 1.58 bits per heavy atom. The molecule has 0 saturated heterocycles. The molecule has 1 aromatic rings. The van der Waals surface area contributed by atoms with Gasteiger partial charge >= 0.3 is 11.9 Å². The first kappa shape index (κ1) is 21.8. The van der Waals surface area contributed by atoms with Crippen LogP contribution in [0.2, 0.25) is 0 Å². The molecular weight excluding hydrogens is 371 g/mol. The molecule has 1 rings (SSSR count). The molecule has 0 heterocycles. The minimum atomic E-state index is -2.35. The first-order valence-corrected chi connectivity index (χ1v) is 7.24. The van der Waals surface area contributed by atoms with Gasteiger partial charge in [-0.2, -0.15) is 8.78 Å². The highest BCUT2D eigenvalue weighted by Gasteiger charge is 2.28. The highest BCUT2D eigenvalue weighted by Crippen LogP contribution is 2.29. The zero-order chi connectivity index (χ0) is 19.7. The van der Waals surface area contributed by atoms with E-state index in [9.17, 15) is 31.5 Å². The predicted molar refractivity (Wildman–Crippen MR) is 74.8 cm³/mol. The molecular formula is C15H15F5O6. The van der Waals surface area contributed by atoms with Crippen LogP contribution in [0.25, 0.3) is 0 Å². The molecule has 0 saturated carbocycles. The topological polar surface area (TPSA) is 71.1 Å². The van der Waals surface area contributed by atoms with E-state index in [1.54, 1.807) is 0 Å². The van der Waals surface area contributed by atoms with Crippen LogP contribution in [-0.4, -0.2) is 45.5 Å². The van der Waals surface area contributed by atoms with Gasteiger partial charge in [0.1, 0.15) is 0 Å². The molecule has 0 unspecified atom stereocenters. The number of carbonyl (C=O) groups is 2. The van der Waals surface area contributed by atoms with Gasteiger partial charge in [-0.05, 0) is 0 Å². The standard InChI is InChI=1S/C15H15F5O6/c1-23-8(21)2-4-24-6-7-25-5-3-9(22)26-15-13(19)11(17)10(16)12(18)14(15)20/h2-7H2,1H3. The van der Waals surface area contributed by atoms with Gasteiger partial charge in [-0.1, -0.05) is 0 Å². The van der Waals surface area contributed by atoms with Gasteiger partial charge in [-0.15, -0.1) is 0 Å². The van der Waals surface area contributed by atoms with Crippen molar-refractivity contribution in [3.05, 3.63) is 29.1 Å². The highest BCUT2D eigenvalue weighted by molar-refractivity contribution is 5.72. The Balaban J connectivity index is 2.33.